The standard InChI is InChI=1S/C11H21F2NO/c1-8(11(12)13)14-6-9-4-2-3-5-10(9)7-15/h8-11,14-15H,2-7H2,1H3. The molecule has 3 atom stereocenters. The first-order chi connectivity index (χ1) is 7.15. The van der Waals surface area contributed by atoms with Crippen LogP contribution in [0.25, 0.3) is 0 Å². The van der Waals surface area contributed by atoms with E-state index in [2.05, 4.69) is 5.32 Å². The van der Waals surface area contributed by atoms with Crippen LogP contribution in [0, 0.1) is 11.8 Å². The molecular weight excluding hydrogens is 200 g/mol. The van der Waals surface area contributed by atoms with E-state index in [0.29, 0.717) is 18.4 Å². The highest BCUT2D eigenvalue weighted by Crippen LogP contribution is 2.29. The van der Waals surface area contributed by atoms with Gasteiger partial charge in [0.1, 0.15) is 0 Å². The maximum atomic E-state index is 12.2. The normalized spacial score (nSPS) is 29.4. The summed E-state index contributed by atoms with van der Waals surface area (Å²) in [7, 11) is 0. The summed E-state index contributed by atoms with van der Waals surface area (Å²) in [4.78, 5) is 0. The lowest BCUT2D eigenvalue weighted by molar-refractivity contribution is 0.0906. The molecule has 0 amide bonds. The minimum absolute atomic E-state index is 0.190. The van der Waals surface area contributed by atoms with E-state index in [0.717, 1.165) is 25.7 Å². The molecule has 0 radical (unpaired) electrons. The Labute approximate surface area is 90.1 Å². The van der Waals surface area contributed by atoms with Gasteiger partial charge in [0.2, 0.25) is 0 Å². The minimum Gasteiger partial charge on any atom is -0.396 e. The first kappa shape index (κ1) is 12.8. The van der Waals surface area contributed by atoms with E-state index in [9.17, 15) is 8.78 Å². The third-order valence-electron chi connectivity index (χ3n) is 3.38. The highest BCUT2D eigenvalue weighted by molar-refractivity contribution is 4.78. The highest BCUT2D eigenvalue weighted by Gasteiger charge is 2.25. The third kappa shape index (κ3) is 4.03. The van der Waals surface area contributed by atoms with Crippen LogP contribution >= 0.6 is 0 Å². The maximum Gasteiger partial charge on any atom is 0.253 e. The van der Waals surface area contributed by atoms with E-state index in [1.54, 1.807) is 0 Å². The molecule has 2 N–H and O–H groups in total. The van der Waals surface area contributed by atoms with Crippen molar-refractivity contribution in [1.82, 2.24) is 5.32 Å². The van der Waals surface area contributed by atoms with Crippen LogP contribution in [0.5, 0.6) is 0 Å². The third-order valence-corrected chi connectivity index (χ3v) is 3.38. The fourth-order valence-electron chi connectivity index (χ4n) is 2.22. The molecule has 1 saturated carbocycles. The van der Waals surface area contributed by atoms with Gasteiger partial charge in [0.05, 0.1) is 6.04 Å². The lowest BCUT2D eigenvalue weighted by Gasteiger charge is -2.31. The van der Waals surface area contributed by atoms with Gasteiger partial charge < -0.3 is 10.4 Å². The molecule has 1 aliphatic carbocycles. The van der Waals surface area contributed by atoms with E-state index < -0.39 is 12.5 Å². The maximum absolute atomic E-state index is 12.2. The van der Waals surface area contributed by atoms with Crippen molar-refractivity contribution in [3.05, 3.63) is 0 Å². The molecule has 0 bridgehead atoms. The van der Waals surface area contributed by atoms with Gasteiger partial charge in [0, 0.05) is 6.61 Å². The average molecular weight is 221 g/mol. The molecule has 1 rings (SSSR count). The van der Waals surface area contributed by atoms with Crippen molar-refractivity contribution in [2.24, 2.45) is 11.8 Å². The number of nitrogens with one attached hydrogen (secondary N) is 1. The van der Waals surface area contributed by atoms with E-state index >= 15 is 0 Å². The second-order valence-electron chi connectivity index (χ2n) is 4.52. The van der Waals surface area contributed by atoms with Crippen LogP contribution in [-0.4, -0.2) is 30.7 Å². The van der Waals surface area contributed by atoms with Gasteiger partial charge >= 0.3 is 0 Å². The van der Waals surface area contributed by atoms with Crippen LogP contribution in [-0.2, 0) is 0 Å². The van der Waals surface area contributed by atoms with Gasteiger partial charge in [-0.05, 0) is 38.1 Å². The lowest BCUT2D eigenvalue weighted by Crippen LogP contribution is -2.39. The largest absolute Gasteiger partial charge is 0.396 e. The molecule has 90 valence electrons. The quantitative estimate of drug-likeness (QED) is 0.744. The summed E-state index contributed by atoms with van der Waals surface area (Å²) in [5.41, 5.74) is 0. The van der Waals surface area contributed by atoms with Gasteiger partial charge in [-0.3, -0.25) is 0 Å². The van der Waals surface area contributed by atoms with Crippen LogP contribution < -0.4 is 5.32 Å². The zero-order valence-electron chi connectivity index (χ0n) is 9.26. The number of hydrogen-bond acceptors (Lipinski definition) is 2. The van der Waals surface area contributed by atoms with Crippen molar-refractivity contribution >= 4 is 0 Å². The fourth-order valence-corrected chi connectivity index (χ4v) is 2.22. The Morgan fingerprint density at radius 2 is 1.87 bits per heavy atom. The van der Waals surface area contributed by atoms with Gasteiger partial charge in [-0.2, -0.15) is 0 Å². The van der Waals surface area contributed by atoms with E-state index in [-0.39, 0.29) is 6.61 Å². The molecule has 3 unspecified atom stereocenters. The Kier molecular flexibility index (Phi) is 5.47. The molecule has 4 heteroatoms. The summed E-state index contributed by atoms with van der Waals surface area (Å²) in [6.45, 7) is 2.30. The number of halogens is 2. The molecule has 0 saturated heterocycles. The van der Waals surface area contributed by atoms with Crippen LogP contribution in [0.15, 0.2) is 0 Å². The Hall–Kier alpha value is -0.220. The molecule has 0 spiro atoms. The second-order valence-corrected chi connectivity index (χ2v) is 4.52. The molecule has 2 nitrogen and oxygen atoms in total. The zero-order chi connectivity index (χ0) is 11.3. The molecule has 0 aromatic carbocycles. The van der Waals surface area contributed by atoms with Crippen molar-refractivity contribution in [2.45, 2.75) is 45.1 Å². The predicted octanol–water partition coefficient (Wildman–Crippen LogP) is 2.03. The summed E-state index contributed by atoms with van der Waals surface area (Å²) in [6.07, 6.45) is 2.10. The van der Waals surface area contributed by atoms with Crippen molar-refractivity contribution in [1.29, 1.82) is 0 Å². The smallest absolute Gasteiger partial charge is 0.253 e. The van der Waals surface area contributed by atoms with Crippen LogP contribution in [0.4, 0.5) is 8.78 Å². The molecule has 15 heavy (non-hydrogen) atoms. The molecule has 0 aromatic rings. The molecule has 0 aliphatic heterocycles. The SMILES string of the molecule is CC(NCC1CCCCC1CO)C(F)F. The summed E-state index contributed by atoms with van der Waals surface area (Å²) < 4.78 is 24.5. The van der Waals surface area contributed by atoms with Gasteiger partial charge in [0.15, 0.2) is 0 Å². The molecule has 0 heterocycles. The second kappa shape index (κ2) is 6.38. The van der Waals surface area contributed by atoms with E-state index in [1.807, 2.05) is 0 Å². The summed E-state index contributed by atoms with van der Waals surface area (Å²) in [5, 5.41) is 12.0. The number of hydrogen-bond donors (Lipinski definition) is 2. The van der Waals surface area contributed by atoms with E-state index in [1.165, 1.54) is 6.92 Å². The van der Waals surface area contributed by atoms with Crippen LogP contribution in [0.3, 0.4) is 0 Å². The van der Waals surface area contributed by atoms with Crippen molar-refractivity contribution in [3.63, 3.8) is 0 Å². The Bertz CT molecular complexity index is 178. The van der Waals surface area contributed by atoms with Gasteiger partial charge in [-0.25, -0.2) is 8.78 Å². The molecule has 1 aliphatic rings. The lowest BCUT2D eigenvalue weighted by atomic mass is 9.79. The average Bonchev–Trinajstić information content (AvgIpc) is 2.26. The Morgan fingerprint density at radius 3 is 2.40 bits per heavy atom. The summed E-state index contributed by atoms with van der Waals surface area (Å²) in [6, 6.07) is -0.744. The van der Waals surface area contributed by atoms with Crippen molar-refractivity contribution < 1.29 is 13.9 Å². The summed E-state index contributed by atoms with van der Waals surface area (Å²) >= 11 is 0. The van der Waals surface area contributed by atoms with Gasteiger partial charge in [-0.1, -0.05) is 12.8 Å². The number of aliphatic hydroxyl groups excluding tert-OH is 1. The van der Waals surface area contributed by atoms with Crippen LogP contribution in [0.2, 0.25) is 0 Å². The molecular formula is C11H21F2NO. The van der Waals surface area contributed by atoms with Crippen molar-refractivity contribution in [2.75, 3.05) is 13.2 Å². The topological polar surface area (TPSA) is 32.3 Å². The monoisotopic (exact) mass is 221 g/mol. The van der Waals surface area contributed by atoms with E-state index in [4.69, 9.17) is 5.11 Å². The summed E-state index contributed by atoms with van der Waals surface area (Å²) in [5.74, 6) is 0.668. The van der Waals surface area contributed by atoms with Crippen molar-refractivity contribution in [3.8, 4) is 0 Å². The number of aliphatic hydroxyl groups is 1. The Morgan fingerprint density at radius 1 is 1.27 bits per heavy atom. The molecule has 0 aromatic heterocycles. The zero-order valence-corrected chi connectivity index (χ0v) is 9.26. The molecule has 1 fully saturated rings. The number of alkyl halides is 2. The first-order valence-corrected chi connectivity index (χ1v) is 5.77. The fraction of sp³-hybridized carbons (Fsp3) is 1.00. The number of rotatable bonds is 5. The highest BCUT2D eigenvalue weighted by atomic mass is 19.3. The van der Waals surface area contributed by atoms with Gasteiger partial charge in [0.25, 0.3) is 6.43 Å². The first-order valence-electron chi connectivity index (χ1n) is 5.77. The minimum atomic E-state index is -2.30. The predicted molar refractivity (Wildman–Crippen MR) is 56.0 cm³/mol. The van der Waals surface area contributed by atoms with Gasteiger partial charge in [-0.15, -0.1) is 0 Å². The van der Waals surface area contributed by atoms with Crippen LogP contribution in [0.1, 0.15) is 32.6 Å². The Balaban J connectivity index is 2.29.